The monoisotopic (exact) mass is 197 g/mol. The van der Waals surface area contributed by atoms with Crippen molar-refractivity contribution in [2.24, 2.45) is 0 Å². The van der Waals surface area contributed by atoms with Crippen molar-refractivity contribution in [3.8, 4) is 0 Å². The first-order chi connectivity index (χ1) is 5.77. The largest absolute Gasteiger partial charge is 0.233 e. The molecule has 0 saturated heterocycles. The van der Waals surface area contributed by atoms with Crippen molar-refractivity contribution in [2.45, 2.75) is 0 Å². The van der Waals surface area contributed by atoms with E-state index in [9.17, 15) is 0 Å². The van der Waals surface area contributed by atoms with Crippen LogP contribution in [0, 0.1) is 6.33 Å². The topological polar surface area (TPSA) is 25.8 Å². The van der Waals surface area contributed by atoms with Crippen molar-refractivity contribution in [2.75, 3.05) is 0 Å². The first-order valence-electron chi connectivity index (χ1n) is 3.25. The number of aromatic nitrogens is 2. The Morgan fingerprint density at radius 2 is 1.92 bits per heavy atom. The Balaban J connectivity index is 2.84. The highest BCUT2D eigenvalue weighted by molar-refractivity contribution is 6.42. The maximum Gasteiger partial charge on any atom is 0.198 e. The second kappa shape index (κ2) is 2.88. The van der Waals surface area contributed by atoms with Crippen molar-refractivity contribution < 1.29 is 0 Å². The molecule has 4 heteroatoms. The van der Waals surface area contributed by atoms with Crippen LogP contribution < -0.4 is 0 Å². The van der Waals surface area contributed by atoms with Gasteiger partial charge in [0.05, 0.1) is 15.6 Å². The van der Waals surface area contributed by atoms with Crippen molar-refractivity contribution in [3.63, 3.8) is 0 Å². The van der Waals surface area contributed by atoms with E-state index in [1.165, 1.54) is 0 Å². The molecule has 1 radical (unpaired) electrons. The zero-order valence-corrected chi connectivity index (χ0v) is 7.39. The van der Waals surface area contributed by atoms with Crippen LogP contribution in [0.1, 0.15) is 0 Å². The number of fused-ring (bicyclic) bond motifs is 1. The summed E-state index contributed by atoms with van der Waals surface area (Å²) in [5.41, 5.74) is 0.749. The molecule has 0 aliphatic rings. The minimum atomic E-state index is 0.497. The molecular weight excluding hydrogens is 195 g/mol. The number of halogens is 2. The van der Waals surface area contributed by atoms with Crippen LogP contribution in [0.5, 0.6) is 0 Å². The molecule has 0 atom stereocenters. The highest BCUT2D eigenvalue weighted by Crippen LogP contribution is 2.25. The molecule has 0 aliphatic heterocycles. The van der Waals surface area contributed by atoms with Gasteiger partial charge in [-0.25, -0.2) is 9.97 Å². The van der Waals surface area contributed by atoms with Crippen molar-refractivity contribution in [3.05, 3.63) is 34.7 Å². The number of rotatable bonds is 0. The van der Waals surface area contributed by atoms with E-state index in [0.717, 1.165) is 10.9 Å². The molecule has 0 bridgehead atoms. The maximum absolute atomic E-state index is 5.79. The Bertz CT molecular complexity index is 388. The Labute approximate surface area is 79.2 Å². The van der Waals surface area contributed by atoms with Crippen molar-refractivity contribution >= 4 is 34.1 Å². The average molecular weight is 198 g/mol. The van der Waals surface area contributed by atoms with Gasteiger partial charge in [0.15, 0.2) is 6.33 Å². The summed E-state index contributed by atoms with van der Waals surface area (Å²) in [4.78, 5) is 7.65. The fourth-order valence-electron chi connectivity index (χ4n) is 0.933. The molecule has 1 aromatic heterocycles. The summed E-state index contributed by atoms with van der Waals surface area (Å²) in [6, 6.07) is 3.42. The van der Waals surface area contributed by atoms with Gasteiger partial charge in [0, 0.05) is 11.6 Å². The van der Waals surface area contributed by atoms with Gasteiger partial charge in [-0.2, -0.15) is 0 Å². The summed E-state index contributed by atoms with van der Waals surface area (Å²) in [6.07, 6.45) is 4.12. The summed E-state index contributed by atoms with van der Waals surface area (Å²) in [6.45, 7) is 0. The normalized spacial score (nSPS) is 10.5. The first kappa shape index (κ1) is 7.77. The molecular formula is C8H3Cl2N2. The molecule has 0 spiro atoms. The molecule has 12 heavy (non-hydrogen) atoms. The second-order valence-corrected chi connectivity index (χ2v) is 3.11. The van der Waals surface area contributed by atoms with Crippen molar-refractivity contribution in [1.82, 2.24) is 9.97 Å². The van der Waals surface area contributed by atoms with Crippen molar-refractivity contribution in [1.29, 1.82) is 0 Å². The van der Waals surface area contributed by atoms with E-state index >= 15 is 0 Å². The standard InChI is InChI=1S/C8H3Cl2N2/c9-6-1-5-3-11-4-12-8(5)2-7(6)10/h1-3H. The summed E-state index contributed by atoms with van der Waals surface area (Å²) in [7, 11) is 0. The Morgan fingerprint density at radius 1 is 1.17 bits per heavy atom. The van der Waals surface area contributed by atoms with Gasteiger partial charge in [0.25, 0.3) is 0 Å². The molecule has 0 amide bonds. The minimum Gasteiger partial charge on any atom is -0.233 e. The zero-order chi connectivity index (χ0) is 8.55. The summed E-state index contributed by atoms with van der Waals surface area (Å²) in [5.74, 6) is 0. The van der Waals surface area contributed by atoms with Gasteiger partial charge in [-0.1, -0.05) is 23.2 Å². The molecule has 1 aromatic carbocycles. The molecule has 0 saturated carbocycles. The number of hydrogen-bond acceptors (Lipinski definition) is 2. The third-order valence-electron chi connectivity index (χ3n) is 1.50. The molecule has 2 aromatic rings. The summed E-state index contributed by atoms with van der Waals surface area (Å²) in [5, 5.41) is 1.87. The summed E-state index contributed by atoms with van der Waals surface area (Å²) >= 11 is 11.6. The average Bonchev–Trinajstić information content (AvgIpc) is 2.07. The lowest BCUT2D eigenvalue weighted by Crippen LogP contribution is -1.81. The number of hydrogen-bond donors (Lipinski definition) is 0. The van der Waals surface area contributed by atoms with Gasteiger partial charge in [-0.15, -0.1) is 0 Å². The third-order valence-corrected chi connectivity index (χ3v) is 2.22. The minimum absolute atomic E-state index is 0.497. The Morgan fingerprint density at radius 3 is 2.75 bits per heavy atom. The number of benzene rings is 1. The van der Waals surface area contributed by atoms with Crippen LogP contribution in [-0.2, 0) is 0 Å². The predicted octanol–water partition coefficient (Wildman–Crippen LogP) is 2.74. The first-order valence-corrected chi connectivity index (χ1v) is 4.01. The molecule has 1 heterocycles. The van der Waals surface area contributed by atoms with Crippen LogP contribution in [-0.4, -0.2) is 9.97 Å². The third kappa shape index (κ3) is 1.24. The van der Waals surface area contributed by atoms with Crippen LogP contribution in [0.3, 0.4) is 0 Å². The second-order valence-electron chi connectivity index (χ2n) is 2.30. The Hall–Kier alpha value is -0.860. The lowest BCUT2D eigenvalue weighted by molar-refractivity contribution is 1.20. The van der Waals surface area contributed by atoms with Crippen LogP contribution in [0.15, 0.2) is 18.3 Å². The molecule has 0 unspecified atom stereocenters. The van der Waals surface area contributed by atoms with E-state index in [4.69, 9.17) is 23.2 Å². The van der Waals surface area contributed by atoms with Crippen LogP contribution >= 0.6 is 23.2 Å². The van der Waals surface area contributed by atoms with Crippen LogP contribution in [0.2, 0.25) is 10.0 Å². The lowest BCUT2D eigenvalue weighted by atomic mass is 10.2. The fourth-order valence-corrected chi connectivity index (χ4v) is 1.26. The molecule has 0 aliphatic carbocycles. The van der Waals surface area contributed by atoms with Gasteiger partial charge < -0.3 is 0 Å². The van der Waals surface area contributed by atoms with E-state index in [1.54, 1.807) is 18.3 Å². The van der Waals surface area contributed by atoms with Crippen LogP contribution in [0.25, 0.3) is 10.9 Å². The van der Waals surface area contributed by atoms with E-state index < -0.39 is 0 Å². The van der Waals surface area contributed by atoms with E-state index in [-0.39, 0.29) is 0 Å². The zero-order valence-electron chi connectivity index (χ0n) is 5.88. The lowest BCUT2D eigenvalue weighted by Gasteiger charge is -1.97. The molecule has 0 N–H and O–H groups in total. The Kier molecular flexibility index (Phi) is 1.87. The van der Waals surface area contributed by atoms with E-state index in [1.807, 2.05) is 0 Å². The van der Waals surface area contributed by atoms with Crippen LogP contribution in [0.4, 0.5) is 0 Å². The quantitative estimate of drug-likeness (QED) is 0.650. The smallest absolute Gasteiger partial charge is 0.198 e. The molecule has 0 fully saturated rings. The van der Waals surface area contributed by atoms with Gasteiger partial charge in [0.1, 0.15) is 0 Å². The van der Waals surface area contributed by atoms with E-state index in [2.05, 4.69) is 16.3 Å². The van der Waals surface area contributed by atoms with E-state index in [0.29, 0.717) is 10.0 Å². The highest BCUT2D eigenvalue weighted by atomic mass is 35.5. The fraction of sp³-hybridized carbons (Fsp3) is 0. The maximum atomic E-state index is 5.79. The SMILES string of the molecule is Clc1cc2cn[c]nc2cc1Cl. The summed E-state index contributed by atoms with van der Waals surface area (Å²) < 4.78 is 0. The predicted molar refractivity (Wildman–Crippen MR) is 48.4 cm³/mol. The molecule has 59 valence electrons. The molecule has 2 nitrogen and oxygen atoms in total. The van der Waals surface area contributed by atoms with Gasteiger partial charge >= 0.3 is 0 Å². The van der Waals surface area contributed by atoms with Gasteiger partial charge in [0.2, 0.25) is 0 Å². The van der Waals surface area contributed by atoms with Gasteiger partial charge in [-0.05, 0) is 12.1 Å². The highest BCUT2D eigenvalue weighted by Gasteiger charge is 2.00. The molecule has 2 rings (SSSR count). The number of nitrogens with zero attached hydrogens (tertiary/aromatic N) is 2. The van der Waals surface area contributed by atoms with Gasteiger partial charge in [-0.3, -0.25) is 0 Å².